The first kappa shape index (κ1) is 13.3. The lowest BCUT2D eigenvalue weighted by Crippen LogP contribution is -2.30. The molecule has 1 atom stereocenters. The number of carbonyl (C=O) groups is 1. The number of rotatable bonds is 2. The third-order valence-corrected chi connectivity index (χ3v) is 7.85. The minimum atomic E-state index is -3.64. The van der Waals surface area contributed by atoms with Gasteiger partial charge in [-0.05, 0) is 17.2 Å². The van der Waals surface area contributed by atoms with Crippen LogP contribution in [0.5, 0.6) is 0 Å². The summed E-state index contributed by atoms with van der Waals surface area (Å²) in [5.41, 5.74) is 1.42. The van der Waals surface area contributed by atoms with Crippen molar-refractivity contribution in [3.63, 3.8) is 0 Å². The van der Waals surface area contributed by atoms with Gasteiger partial charge in [0, 0.05) is 0 Å². The zero-order valence-electron chi connectivity index (χ0n) is 10.9. The van der Waals surface area contributed by atoms with Gasteiger partial charge in [-0.25, -0.2) is 13.1 Å². The molecule has 0 fully saturated rings. The van der Waals surface area contributed by atoms with E-state index in [4.69, 9.17) is 0 Å². The van der Waals surface area contributed by atoms with Crippen molar-refractivity contribution < 1.29 is 13.2 Å². The quantitative estimate of drug-likeness (QED) is 0.845. The monoisotopic (exact) mass is 283 g/mol. The molecule has 1 N–H and O–H groups in total. The summed E-state index contributed by atoms with van der Waals surface area (Å²) >= 11 is 0. The van der Waals surface area contributed by atoms with Crippen LogP contribution in [0.15, 0.2) is 23.1 Å². The number of fused-ring (bicyclic) bond motifs is 1. The number of carbonyl (C=O) groups excluding carboxylic acids is 1. The molecule has 0 bridgehead atoms. The van der Waals surface area contributed by atoms with Gasteiger partial charge in [-0.3, -0.25) is 4.79 Å². The van der Waals surface area contributed by atoms with Crippen LogP contribution in [-0.4, -0.2) is 22.4 Å². The molecule has 1 aliphatic rings. The summed E-state index contributed by atoms with van der Waals surface area (Å²) in [4.78, 5) is 12.0. The molecular weight excluding hydrogens is 266 g/mol. The highest BCUT2D eigenvalue weighted by molar-refractivity contribution is 7.90. The molecule has 0 saturated heterocycles. The Kier molecular flexibility index (Phi) is 2.90. The molecule has 6 heteroatoms. The number of sulfonamides is 1. The van der Waals surface area contributed by atoms with Crippen LogP contribution in [0.3, 0.4) is 0 Å². The Morgan fingerprint density at radius 1 is 1.22 bits per heavy atom. The molecule has 1 unspecified atom stereocenters. The highest BCUT2D eigenvalue weighted by Gasteiger charge is 2.37. The van der Waals surface area contributed by atoms with E-state index in [1.165, 1.54) is 6.07 Å². The topological polar surface area (TPSA) is 63.2 Å². The van der Waals surface area contributed by atoms with Crippen molar-refractivity contribution in [2.75, 3.05) is 0 Å². The van der Waals surface area contributed by atoms with Crippen molar-refractivity contribution in [1.82, 2.24) is 4.72 Å². The molecule has 0 aliphatic carbocycles. The molecule has 0 saturated carbocycles. The highest BCUT2D eigenvalue weighted by Crippen LogP contribution is 2.34. The van der Waals surface area contributed by atoms with Gasteiger partial charge in [-0.2, -0.15) is 0 Å². The van der Waals surface area contributed by atoms with Crippen molar-refractivity contribution in [2.24, 2.45) is 0 Å². The van der Waals surface area contributed by atoms with Gasteiger partial charge < -0.3 is 0 Å². The van der Waals surface area contributed by atoms with Gasteiger partial charge in [-0.1, -0.05) is 38.7 Å². The average Bonchev–Trinajstić information content (AvgIpc) is 2.47. The summed E-state index contributed by atoms with van der Waals surface area (Å²) < 4.78 is 25.6. The van der Waals surface area contributed by atoms with Gasteiger partial charge in [0.15, 0.2) is 0 Å². The van der Waals surface area contributed by atoms with E-state index in [9.17, 15) is 13.2 Å². The molecule has 1 heterocycles. The van der Waals surface area contributed by atoms with Gasteiger partial charge in [0.05, 0.1) is 13.6 Å². The second-order valence-electron chi connectivity index (χ2n) is 5.74. The van der Waals surface area contributed by atoms with E-state index in [0.29, 0.717) is 5.56 Å². The minimum absolute atomic E-state index is 0.120. The normalized spacial score (nSPS) is 19.2. The molecule has 4 nitrogen and oxygen atoms in total. The minimum Gasteiger partial charge on any atom is -0.268 e. The second-order valence-corrected chi connectivity index (χ2v) is 13.0. The predicted molar refractivity (Wildman–Crippen MR) is 72.9 cm³/mol. The third kappa shape index (κ3) is 1.99. The predicted octanol–water partition coefficient (Wildman–Crippen LogP) is 2.10. The van der Waals surface area contributed by atoms with Crippen molar-refractivity contribution >= 4 is 24.0 Å². The van der Waals surface area contributed by atoms with Crippen LogP contribution >= 0.6 is 0 Å². The van der Waals surface area contributed by atoms with Gasteiger partial charge in [-0.15, -0.1) is 0 Å². The molecule has 98 valence electrons. The molecule has 1 amide bonds. The summed E-state index contributed by atoms with van der Waals surface area (Å²) in [5, 5.41) is 0. The first-order chi connectivity index (χ1) is 8.14. The number of amides is 1. The van der Waals surface area contributed by atoms with Crippen molar-refractivity contribution in [3.8, 4) is 0 Å². The largest absolute Gasteiger partial charge is 0.268 e. The van der Waals surface area contributed by atoms with Crippen LogP contribution in [0, 0.1) is 0 Å². The van der Waals surface area contributed by atoms with Crippen LogP contribution in [0.25, 0.3) is 0 Å². The van der Waals surface area contributed by atoms with Crippen LogP contribution in [0.2, 0.25) is 19.6 Å². The first-order valence-corrected chi connectivity index (χ1v) is 10.9. The molecular formula is C12H17NO3SSi. The molecule has 18 heavy (non-hydrogen) atoms. The molecule has 2 rings (SSSR count). The molecule has 1 aromatic carbocycles. The van der Waals surface area contributed by atoms with E-state index < -0.39 is 24.0 Å². The van der Waals surface area contributed by atoms with Gasteiger partial charge in [0.25, 0.3) is 15.9 Å². The summed E-state index contributed by atoms with van der Waals surface area (Å²) in [6.07, 6.45) is 0. The Morgan fingerprint density at radius 2 is 1.83 bits per heavy atom. The molecule has 1 aromatic rings. The standard InChI is InChI=1S/C12H17NO3SSi/c1-8(18(2,3)4)9-6-5-7-10-11(9)12(14)13-17(10,15)16/h5-8H,1-4H3,(H,13,14). The second kappa shape index (κ2) is 3.93. The maximum Gasteiger partial charge on any atom is 0.266 e. The average molecular weight is 283 g/mol. The summed E-state index contributed by atoms with van der Waals surface area (Å²) in [7, 11) is -5.14. The Labute approximate surface area is 108 Å². The fraction of sp³-hybridized carbons (Fsp3) is 0.417. The molecule has 0 radical (unpaired) electrons. The van der Waals surface area contributed by atoms with Crippen molar-refractivity contribution in [2.45, 2.75) is 37.0 Å². The van der Waals surface area contributed by atoms with E-state index in [-0.39, 0.29) is 10.4 Å². The fourth-order valence-electron chi connectivity index (χ4n) is 2.07. The lowest BCUT2D eigenvalue weighted by molar-refractivity contribution is 0.0984. The number of hydrogen-bond acceptors (Lipinski definition) is 3. The van der Waals surface area contributed by atoms with Gasteiger partial charge in [0.1, 0.15) is 4.90 Å². The van der Waals surface area contributed by atoms with E-state index >= 15 is 0 Å². The van der Waals surface area contributed by atoms with Crippen molar-refractivity contribution in [3.05, 3.63) is 29.3 Å². The summed E-state index contributed by atoms with van der Waals surface area (Å²) in [5.74, 6) is -0.495. The Bertz CT molecular complexity index is 617. The number of hydrogen-bond donors (Lipinski definition) is 1. The van der Waals surface area contributed by atoms with Crippen LogP contribution in [0.1, 0.15) is 28.4 Å². The number of nitrogens with one attached hydrogen (secondary N) is 1. The third-order valence-electron chi connectivity index (χ3n) is 3.57. The van der Waals surface area contributed by atoms with E-state index in [1.54, 1.807) is 6.07 Å². The van der Waals surface area contributed by atoms with E-state index in [1.807, 2.05) is 6.07 Å². The maximum atomic E-state index is 11.9. The lowest BCUT2D eigenvalue weighted by Gasteiger charge is -2.26. The molecule has 0 aromatic heterocycles. The maximum absolute atomic E-state index is 11.9. The summed E-state index contributed by atoms with van der Waals surface area (Å²) in [6.45, 7) is 8.69. The van der Waals surface area contributed by atoms with E-state index in [0.717, 1.165) is 5.56 Å². The number of benzene rings is 1. The zero-order chi connectivity index (χ0) is 13.7. The highest BCUT2D eigenvalue weighted by atomic mass is 32.2. The van der Waals surface area contributed by atoms with Gasteiger partial charge in [0.2, 0.25) is 0 Å². The van der Waals surface area contributed by atoms with Crippen LogP contribution in [0.4, 0.5) is 0 Å². The van der Waals surface area contributed by atoms with Crippen LogP contribution < -0.4 is 4.72 Å². The summed E-state index contributed by atoms with van der Waals surface area (Å²) in [6, 6.07) is 5.06. The Morgan fingerprint density at radius 3 is 2.39 bits per heavy atom. The smallest absolute Gasteiger partial charge is 0.266 e. The molecule has 1 aliphatic heterocycles. The van der Waals surface area contributed by atoms with Crippen LogP contribution in [-0.2, 0) is 10.0 Å². The lowest BCUT2D eigenvalue weighted by atomic mass is 10.0. The van der Waals surface area contributed by atoms with E-state index in [2.05, 4.69) is 31.3 Å². The van der Waals surface area contributed by atoms with Crippen molar-refractivity contribution in [1.29, 1.82) is 0 Å². The molecule has 0 spiro atoms. The Hall–Kier alpha value is -1.14. The zero-order valence-corrected chi connectivity index (χ0v) is 12.8. The SMILES string of the molecule is CC(c1cccc2c1C(=O)NS2(=O)=O)[Si](C)(C)C. The Balaban J connectivity index is 2.68. The van der Waals surface area contributed by atoms with Gasteiger partial charge >= 0.3 is 0 Å². The fourth-order valence-corrected chi connectivity index (χ4v) is 4.44. The first-order valence-electron chi connectivity index (χ1n) is 5.84.